The summed E-state index contributed by atoms with van der Waals surface area (Å²) in [5, 5.41) is 0.323. The fourth-order valence-electron chi connectivity index (χ4n) is 1.85. The highest BCUT2D eigenvalue weighted by Crippen LogP contribution is 2.09. The van der Waals surface area contributed by atoms with Crippen molar-refractivity contribution >= 4 is 17.5 Å². The van der Waals surface area contributed by atoms with E-state index in [9.17, 15) is 14.0 Å². The van der Waals surface area contributed by atoms with E-state index in [0.29, 0.717) is 10.6 Å². The van der Waals surface area contributed by atoms with E-state index >= 15 is 0 Å². The first-order valence-electron chi connectivity index (χ1n) is 6.31. The molecule has 4 nitrogen and oxygen atoms in total. The van der Waals surface area contributed by atoms with E-state index in [1.54, 1.807) is 25.2 Å². The number of nitrogens with zero attached hydrogens (tertiary/aromatic N) is 2. The van der Waals surface area contributed by atoms with Crippen molar-refractivity contribution in [1.29, 1.82) is 0 Å². The van der Waals surface area contributed by atoms with Crippen LogP contribution in [0.1, 0.15) is 5.56 Å². The lowest BCUT2D eigenvalue weighted by Crippen LogP contribution is -2.33. The summed E-state index contributed by atoms with van der Waals surface area (Å²) in [5.41, 5.74) is 0.0759. The standard InChI is InChI=1S/C15H14ClFN2O2/c1-18(9-11-4-2-3-5-13(11)17)15(21)10-19-7-6-12(16)8-14(19)20/h2-8H,9-10H2,1H3. The van der Waals surface area contributed by atoms with E-state index in [0.717, 1.165) is 0 Å². The molecule has 2 rings (SSSR count). The minimum Gasteiger partial charge on any atom is -0.340 e. The van der Waals surface area contributed by atoms with Crippen molar-refractivity contribution in [1.82, 2.24) is 9.47 Å². The summed E-state index contributed by atoms with van der Waals surface area (Å²) in [7, 11) is 1.57. The number of rotatable bonds is 4. The SMILES string of the molecule is CN(Cc1ccccc1F)C(=O)Cn1ccc(Cl)cc1=O. The van der Waals surface area contributed by atoms with Gasteiger partial charge in [-0.25, -0.2) is 4.39 Å². The van der Waals surface area contributed by atoms with Crippen LogP contribution in [0.3, 0.4) is 0 Å². The number of aromatic nitrogens is 1. The van der Waals surface area contributed by atoms with Gasteiger partial charge < -0.3 is 9.47 Å². The van der Waals surface area contributed by atoms with Gasteiger partial charge in [-0.1, -0.05) is 29.8 Å². The molecule has 1 aromatic carbocycles. The Bertz CT molecular complexity index is 715. The number of pyridine rings is 1. The van der Waals surface area contributed by atoms with E-state index in [1.807, 2.05) is 0 Å². The highest BCUT2D eigenvalue weighted by atomic mass is 35.5. The van der Waals surface area contributed by atoms with Gasteiger partial charge in [-0.15, -0.1) is 0 Å². The van der Waals surface area contributed by atoms with Gasteiger partial charge in [0.15, 0.2) is 0 Å². The second-order valence-corrected chi connectivity index (χ2v) is 5.09. The second-order valence-electron chi connectivity index (χ2n) is 4.65. The van der Waals surface area contributed by atoms with Gasteiger partial charge in [0.05, 0.1) is 0 Å². The monoisotopic (exact) mass is 308 g/mol. The average Bonchev–Trinajstić information content (AvgIpc) is 2.44. The van der Waals surface area contributed by atoms with Crippen LogP contribution in [0.25, 0.3) is 0 Å². The van der Waals surface area contributed by atoms with Crippen molar-refractivity contribution in [2.75, 3.05) is 7.05 Å². The third-order valence-electron chi connectivity index (χ3n) is 3.05. The fourth-order valence-corrected chi connectivity index (χ4v) is 2.00. The lowest BCUT2D eigenvalue weighted by molar-refractivity contribution is -0.131. The van der Waals surface area contributed by atoms with Crippen molar-refractivity contribution in [3.63, 3.8) is 0 Å². The third kappa shape index (κ3) is 3.92. The predicted octanol–water partition coefficient (Wildman–Crippen LogP) is 2.30. The molecule has 0 bridgehead atoms. The summed E-state index contributed by atoms with van der Waals surface area (Å²) in [4.78, 5) is 25.1. The number of hydrogen-bond donors (Lipinski definition) is 0. The maximum Gasteiger partial charge on any atom is 0.252 e. The average molecular weight is 309 g/mol. The topological polar surface area (TPSA) is 42.3 Å². The van der Waals surface area contributed by atoms with Gasteiger partial charge in [0, 0.05) is 36.4 Å². The number of amides is 1. The first-order valence-corrected chi connectivity index (χ1v) is 6.68. The molecule has 0 unspecified atom stereocenters. The van der Waals surface area contributed by atoms with Crippen LogP contribution in [0.5, 0.6) is 0 Å². The van der Waals surface area contributed by atoms with Crippen molar-refractivity contribution in [3.05, 3.63) is 69.4 Å². The lowest BCUT2D eigenvalue weighted by atomic mass is 10.2. The molecule has 0 aliphatic heterocycles. The van der Waals surface area contributed by atoms with Crippen LogP contribution < -0.4 is 5.56 Å². The summed E-state index contributed by atoms with van der Waals surface area (Å²) < 4.78 is 14.8. The Morgan fingerprint density at radius 2 is 2.05 bits per heavy atom. The van der Waals surface area contributed by atoms with Crippen LogP contribution in [-0.4, -0.2) is 22.4 Å². The zero-order valence-corrected chi connectivity index (χ0v) is 12.2. The molecule has 0 aliphatic rings. The molecule has 0 saturated carbocycles. The summed E-state index contributed by atoms with van der Waals surface area (Å²) in [6, 6.07) is 9.04. The largest absolute Gasteiger partial charge is 0.340 e. The Labute approximate surface area is 126 Å². The molecule has 0 aliphatic carbocycles. The Morgan fingerprint density at radius 1 is 1.33 bits per heavy atom. The highest BCUT2D eigenvalue weighted by Gasteiger charge is 2.12. The molecule has 6 heteroatoms. The number of halogens is 2. The number of hydrogen-bond acceptors (Lipinski definition) is 2. The van der Waals surface area contributed by atoms with E-state index < -0.39 is 0 Å². The highest BCUT2D eigenvalue weighted by molar-refractivity contribution is 6.30. The number of carbonyl (C=O) groups excluding carboxylic acids is 1. The van der Waals surface area contributed by atoms with Crippen LogP contribution in [0.2, 0.25) is 5.02 Å². The van der Waals surface area contributed by atoms with Crippen LogP contribution in [-0.2, 0) is 17.9 Å². The molecule has 0 N–H and O–H groups in total. The van der Waals surface area contributed by atoms with Crippen LogP contribution in [0.15, 0.2) is 47.4 Å². The third-order valence-corrected chi connectivity index (χ3v) is 3.29. The Hall–Kier alpha value is -2.14. The van der Waals surface area contributed by atoms with E-state index in [1.165, 1.54) is 33.9 Å². The maximum absolute atomic E-state index is 13.5. The van der Waals surface area contributed by atoms with Crippen LogP contribution in [0, 0.1) is 5.82 Å². The van der Waals surface area contributed by atoms with Crippen molar-refractivity contribution in [2.24, 2.45) is 0 Å². The molecule has 1 aromatic heterocycles. The fraction of sp³-hybridized carbons (Fsp3) is 0.200. The van der Waals surface area contributed by atoms with Crippen molar-refractivity contribution < 1.29 is 9.18 Å². The molecule has 21 heavy (non-hydrogen) atoms. The van der Waals surface area contributed by atoms with Gasteiger partial charge in [-0.2, -0.15) is 0 Å². The number of likely N-dealkylation sites (N-methyl/N-ethyl adjacent to an activating group) is 1. The quantitative estimate of drug-likeness (QED) is 0.870. The molecule has 0 atom stereocenters. The van der Waals surface area contributed by atoms with Gasteiger partial charge >= 0.3 is 0 Å². The van der Waals surface area contributed by atoms with Gasteiger partial charge in [0.1, 0.15) is 12.4 Å². The minimum atomic E-state index is -0.360. The molecular formula is C15H14ClFN2O2. The zero-order valence-electron chi connectivity index (χ0n) is 11.4. The molecule has 1 amide bonds. The van der Waals surface area contributed by atoms with E-state index in [4.69, 9.17) is 11.6 Å². The Balaban J connectivity index is 2.06. The zero-order chi connectivity index (χ0) is 15.4. The molecule has 1 heterocycles. The Kier molecular flexibility index (Phi) is 4.75. The molecule has 2 aromatic rings. The smallest absolute Gasteiger partial charge is 0.252 e. The molecule has 0 fully saturated rings. The molecule has 0 spiro atoms. The molecule has 0 radical (unpaired) electrons. The number of carbonyl (C=O) groups is 1. The van der Waals surface area contributed by atoms with Gasteiger partial charge in [-0.05, 0) is 12.1 Å². The first-order chi connectivity index (χ1) is 9.97. The van der Waals surface area contributed by atoms with Crippen molar-refractivity contribution in [3.8, 4) is 0 Å². The summed E-state index contributed by atoms with van der Waals surface area (Å²) >= 11 is 5.69. The predicted molar refractivity (Wildman–Crippen MR) is 78.6 cm³/mol. The maximum atomic E-state index is 13.5. The normalized spacial score (nSPS) is 10.4. The first kappa shape index (κ1) is 15.3. The van der Waals surface area contributed by atoms with Crippen molar-refractivity contribution in [2.45, 2.75) is 13.1 Å². The minimum absolute atomic E-state index is 0.110. The van der Waals surface area contributed by atoms with Gasteiger partial charge in [0.25, 0.3) is 5.56 Å². The summed E-state index contributed by atoms with van der Waals surface area (Å²) in [6.07, 6.45) is 1.46. The van der Waals surface area contributed by atoms with Gasteiger partial charge in [-0.3, -0.25) is 9.59 Å². The van der Waals surface area contributed by atoms with E-state index in [2.05, 4.69) is 0 Å². The molecular weight excluding hydrogens is 295 g/mol. The lowest BCUT2D eigenvalue weighted by Gasteiger charge is -2.18. The summed E-state index contributed by atoms with van der Waals surface area (Å²) in [6.45, 7) is 0.0365. The van der Waals surface area contributed by atoms with Crippen LogP contribution in [0.4, 0.5) is 4.39 Å². The summed E-state index contributed by atoms with van der Waals surface area (Å²) in [5.74, 6) is -0.650. The molecule has 0 saturated heterocycles. The number of benzene rings is 1. The second kappa shape index (κ2) is 6.54. The van der Waals surface area contributed by atoms with E-state index in [-0.39, 0.29) is 30.4 Å². The van der Waals surface area contributed by atoms with Crippen LogP contribution >= 0.6 is 11.6 Å². The Morgan fingerprint density at radius 3 is 2.71 bits per heavy atom. The van der Waals surface area contributed by atoms with Gasteiger partial charge in [0.2, 0.25) is 5.91 Å². The molecule has 110 valence electrons.